The average Bonchev–Trinajstić information content (AvgIpc) is 2.17. The number of aliphatic hydroxyl groups is 1. The van der Waals surface area contributed by atoms with Crippen LogP contribution in [-0.2, 0) is 0 Å². The van der Waals surface area contributed by atoms with Crippen molar-refractivity contribution >= 4 is 6.09 Å². The predicted molar refractivity (Wildman–Crippen MR) is 25.6 cm³/mol. The molecule has 0 unspecified atom stereocenters. The quantitative estimate of drug-likeness (QED) is 0.429. The highest BCUT2D eigenvalue weighted by molar-refractivity contribution is 5.65. The van der Waals surface area contributed by atoms with Gasteiger partial charge in [0.05, 0.1) is 12.1 Å². The summed E-state index contributed by atoms with van der Waals surface area (Å²) in [6.07, 6.45) is -0.940. The molecule has 0 radical (unpaired) electrons. The molecule has 4 heteroatoms. The van der Waals surface area contributed by atoms with Gasteiger partial charge in [-0.25, -0.2) is 4.79 Å². The molecule has 4 nitrogen and oxygen atoms in total. The van der Waals surface area contributed by atoms with Crippen molar-refractivity contribution in [2.24, 2.45) is 0 Å². The minimum Gasteiger partial charge on any atom is -0.465 e. The van der Waals surface area contributed by atoms with Crippen molar-refractivity contribution in [2.75, 3.05) is 0 Å². The van der Waals surface area contributed by atoms with E-state index in [9.17, 15) is 4.79 Å². The normalized spacial score (nSPS) is 34.1. The molecule has 0 aliphatic heterocycles. The Morgan fingerprint density at radius 2 is 2.25 bits per heavy atom. The zero-order valence-electron chi connectivity index (χ0n) is 4.16. The number of amides is 1. The highest BCUT2D eigenvalue weighted by Gasteiger charge is 2.36. The van der Waals surface area contributed by atoms with Gasteiger partial charge in [-0.3, -0.25) is 0 Å². The van der Waals surface area contributed by atoms with Crippen LogP contribution in [0.15, 0.2) is 0 Å². The molecule has 0 spiro atoms. The third kappa shape index (κ3) is 1.10. The zero-order chi connectivity index (χ0) is 6.15. The first kappa shape index (κ1) is 5.37. The molecule has 1 aliphatic carbocycles. The van der Waals surface area contributed by atoms with E-state index < -0.39 is 12.2 Å². The van der Waals surface area contributed by atoms with E-state index in [0.29, 0.717) is 6.42 Å². The molecule has 3 N–H and O–H groups in total. The van der Waals surface area contributed by atoms with E-state index >= 15 is 0 Å². The molecule has 1 saturated carbocycles. The van der Waals surface area contributed by atoms with E-state index in [0.717, 1.165) is 0 Å². The molecule has 46 valence electrons. The molecular formula is C4H7NO3. The average molecular weight is 117 g/mol. The summed E-state index contributed by atoms with van der Waals surface area (Å²) in [6.45, 7) is 0. The molecule has 1 amide bonds. The minimum absolute atomic E-state index is 0.201. The minimum atomic E-state index is -1.06. The third-order valence-corrected chi connectivity index (χ3v) is 1.07. The molecule has 1 fully saturated rings. The van der Waals surface area contributed by atoms with Gasteiger partial charge in [-0.1, -0.05) is 0 Å². The standard InChI is InChI=1S/C4H7NO3/c6-3-1-2(3)5-4(7)8/h2-3,5-6H,1H2,(H,7,8)/t2-,3+/m1/s1. The second-order valence-electron chi connectivity index (χ2n) is 1.86. The van der Waals surface area contributed by atoms with Crippen LogP contribution in [0.25, 0.3) is 0 Å². The van der Waals surface area contributed by atoms with Gasteiger partial charge in [-0.15, -0.1) is 0 Å². The van der Waals surface area contributed by atoms with Crippen LogP contribution in [0.2, 0.25) is 0 Å². The van der Waals surface area contributed by atoms with Gasteiger partial charge in [0, 0.05) is 0 Å². The van der Waals surface area contributed by atoms with E-state index in [1.54, 1.807) is 0 Å². The number of hydrogen-bond acceptors (Lipinski definition) is 2. The number of carbonyl (C=O) groups is 1. The van der Waals surface area contributed by atoms with E-state index in [1.807, 2.05) is 0 Å². The van der Waals surface area contributed by atoms with Crippen LogP contribution in [0.1, 0.15) is 6.42 Å². The maximum Gasteiger partial charge on any atom is 0.404 e. The van der Waals surface area contributed by atoms with Gasteiger partial charge in [0.2, 0.25) is 0 Å². The van der Waals surface area contributed by atoms with Crippen LogP contribution in [0.3, 0.4) is 0 Å². The van der Waals surface area contributed by atoms with Crippen LogP contribution in [0.4, 0.5) is 4.79 Å². The molecule has 0 bridgehead atoms. The van der Waals surface area contributed by atoms with Crippen molar-refractivity contribution in [1.29, 1.82) is 0 Å². The SMILES string of the molecule is O=C(O)N[C@@H]1C[C@@H]1O. The fourth-order valence-corrected chi connectivity index (χ4v) is 0.495. The molecule has 1 aliphatic rings. The molecule has 1 rings (SSSR count). The van der Waals surface area contributed by atoms with Gasteiger partial charge in [0.25, 0.3) is 0 Å². The topological polar surface area (TPSA) is 69.6 Å². The molecule has 8 heavy (non-hydrogen) atoms. The summed E-state index contributed by atoms with van der Waals surface area (Å²) in [5.74, 6) is 0. The predicted octanol–water partition coefficient (Wildman–Crippen LogP) is -0.613. The van der Waals surface area contributed by atoms with Gasteiger partial charge in [-0.2, -0.15) is 0 Å². The molecule has 0 aromatic rings. The van der Waals surface area contributed by atoms with Crippen molar-refractivity contribution < 1.29 is 15.0 Å². The van der Waals surface area contributed by atoms with Gasteiger partial charge >= 0.3 is 6.09 Å². The highest BCUT2D eigenvalue weighted by Crippen LogP contribution is 2.19. The number of nitrogens with one attached hydrogen (secondary N) is 1. The lowest BCUT2D eigenvalue weighted by Crippen LogP contribution is -2.25. The van der Waals surface area contributed by atoms with Crippen LogP contribution in [0.5, 0.6) is 0 Å². The summed E-state index contributed by atoms with van der Waals surface area (Å²) in [6, 6.07) is -0.201. The molecule has 0 heterocycles. The summed E-state index contributed by atoms with van der Waals surface area (Å²) in [7, 11) is 0. The fourth-order valence-electron chi connectivity index (χ4n) is 0.495. The number of hydrogen-bond donors (Lipinski definition) is 3. The number of rotatable bonds is 1. The first-order valence-corrected chi connectivity index (χ1v) is 2.37. The van der Waals surface area contributed by atoms with Gasteiger partial charge in [0.15, 0.2) is 0 Å². The van der Waals surface area contributed by atoms with Crippen molar-refractivity contribution in [3.63, 3.8) is 0 Å². The summed E-state index contributed by atoms with van der Waals surface area (Å²) in [5, 5.41) is 18.7. The lowest BCUT2D eigenvalue weighted by molar-refractivity contribution is 0.189. The molecule has 0 aromatic heterocycles. The monoisotopic (exact) mass is 117 g/mol. The Morgan fingerprint density at radius 1 is 1.75 bits per heavy atom. The maximum absolute atomic E-state index is 9.77. The first-order chi connectivity index (χ1) is 3.70. The Hall–Kier alpha value is -0.770. The van der Waals surface area contributed by atoms with E-state index in [1.165, 1.54) is 0 Å². The van der Waals surface area contributed by atoms with Gasteiger partial charge < -0.3 is 15.5 Å². The summed E-state index contributed by atoms with van der Waals surface area (Å²) >= 11 is 0. The van der Waals surface area contributed by atoms with Crippen LogP contribution >= 0.6 is 0 Å². The third-order valence-electron chi connectivity index (χ3n) is 1.07. The maximum atomic E-state index is 9.77. The van der Waals surface area contributed by atoms with Gasteiger partial charge in [0.1, 0.15) is 0 Å². The largest absolute Gasteiger partial charge is 0.465 e. The Morgan fingerprint density at radius 3 is 2.38 bits per heavy atom. The van der Waals surface area contributed by atoms with Crippen molar-refractivity contribution in [1.82, 2.24) is 5.32 Å². The summed E-state index contributed by atoms with van der Waals surface area (Å²) < 4.78 is 0. The first-order valence-electron chi connectivity index (χ1n) is 2.37. The molecule has 2 atom stereocenters. The molecule has 0 saturated heterocycles. The fraction of sp³-hybridized carbons (Fsp3) is 0.750. The van der Waals surface area contributed by atoms with Crippen LogP contribution in [0, 0.1) is 0 Å². The second kappa shape index (κ2) is 1.63. The van der Waals surface area contributed by atoms with Crippen molar-refractivity contribution in [2.45, 2.75) is 18.6 Å². The summed E-state index contributed by atoms with van der Waals surface area (Å²) in [4.78, 5) is 9.77. The Bertz CT molecular complexity index is 114. The Labute approximate surface area is 46.1 Å². The molecule has 0 aromatic carbocycles. The van der Waals surface area contributed by atoms with Gasteiger partial charge in [-0.05, 0) is 6.42 Å². The zero-order valence-corrected chi connectivity index (χ0v) is 4.16. The lowest BCUT2D eigenvalue weighted by Gasteiger charge is -1.92. The lowest BCUT2D eigenvalue weighted by atomic mass is 10.7. The van der Waals surface area contributed by atoms with Crippen molar-refractivity contribution in [3.05, 3.63) is 0 Å². The van der Waals surface area contributed by atoms with E-state index in [2.05, 4.69) is 5.32 Å². The summed E-state index contributed by atoms with van der Waals surface area (Å²) in [5.41, 5.74) is 0. The number of carboxylic acid groups (broad SMARTS) is 1. The Balaban J connectivity index is 2.14. The second-order valence-corrected chi connectivity index (χ2v) is 1.86. The highest BCUT2D eigenvalue weighted by atomic mass is 16.4. The number of aliphatic hydroxyl groups excluding tert-OH is 1. The van der Waals surface area contributed by atoms with Crippen LogP contribution in [-0.4, -0.2) is 28.5 Å². The smallest absolute Gasteiger partial charge is 0.404 e. The Kier molecular flexibility index (Phi) is 1.09. The van der Waals surface area contributed by atoms with Crippen LogP contribution < -0.4 is 5.32 Å². The van der Waals surface area contributed by atoms with E-state index in [4.69, 9.17) is 10.2 Å². The molecular weight excluding hydrogens is 110 g/mol. The van der Waals surface area contributed by atoms with Crippen molar-refractivity contribution in [3.8, 4) is 0 Å². The van der Waals surface area contributed by atoms with E-state index in [-0.39, 0.29) is 6.04 Å².